The van der Waals surface area contributed by atoms with Crippen LogP contribution in [0.15, 0.2) is 58.8 Å². The Morgan fingerprint density at radius 1 is 1.09 bits per heavy atom. The summed E-state index contributed by atoms with van der Waals surface area (Å²) in [6.45, 7) is 7.80. The lowest BCUT2D eigenvalue weighted by Crippen LogP contribution is -2.40. The van der Waals surface area contributed by atoms with Crippen molar-refractivity contribution in [1.82, 2.24) is 9.29 Å². The molecule has 0 saturated carbocycles. The number of thiazole rings is 1. The standard InChI is InChI=1S/C25H29N3O5S2/c1-25(2,3)19-6-8-20(9-7-19)33-16-23(29)27-24-26-22(17-34-24)18-4-10-21(11-5-18)35(30,31)28-12-14-32-15-13-28/h4-11,17H,12-16H2,1-3H3,(H,26,27,29). The quantitative estimate of drug-likeness (QED) is 0.508. The minimum atomic E-state index is -3.55. The van der Waals surface area contributed by atoms with Crippen LogP contribution in [-0.2, 0) is 25.0 Å². The molecule has 186 valence electrons. The number of carbonyl (C=O) groups excluding carboxylic acids is 1. The number of amides is 1. The van der Waals surface area contributed by atoms with E-state index in [2.05, 4.69) is 31.1 Å². The average molecular weight is 516 g/mol. The van der Waals surface area contributed by atoms with Gasteiger partial charge in [0.2, 0.25) is 10.0 Å². The number of rotatable bonds is 7. The number of anilines is 1. The van der Waals surface area contributed by atoms with E-state index in [1.165, 1.54) is 21.2 Å². The van der Waals surface area contributed by atoms with E-state index in [9.17, 15) is 13.2 Å². The van der Waals surface area contributed by atoms with E-state index >= 15 is 0 Å². The van der Waals surface area contributed by atoms with E-state index in [4.69, 9.17) is 9.47 Å². The van der Waals surface area contributed by atoms with E-state index in [1.807, 2.05) is 29.6 Å². The van der Waals surface area contributed by atoms with Gasteiger partial charge in [0, 0.05) is 24.0 Å². The highest BCUT2D eigenvalue weighted by Crippen LogP contribution is 2.27. The Bertz CT molecular complexity index is 1260. The van der Waals surface area contributed by atoms with Gasteiger partial charge in [0.1, 0.15) is 5.75 Å². The second-order valence-corrected chi connectivity index (χ2v) is 12.0. The van der Waals surface area contributed by atoms with Crippen molar-refractivity contribution < 1.29 is 22.7 Å². The van der Waals surface area contributed by atoms with Gasteiger partial charge in [-0.15, -0.1) is 11.3 Å². The fourth-order valence-corrected chi connectivity index (χ4v) is 5.70. The Balaban J connectivity index is 1.33. The first-order valence-corrected chi connectivity index (χ1v) is 13.6. The number of carbonyl (C=O) groups is 1. The van der Waals surface area contributed by atoms with Gasteiger partial charge in [0.15, 0.2) is 11.7 Å². The zero-order valence-electron chi connectivity index (χ0n) is 20.0. The number of aromatic nitrogens is 1. The molecular weight excluding hydrogens is 486 g/mol. The van der Waals surface area contributed by atoms with E-state index in [0.717, 1.165) is 5.56 Å². The van der Waals surface area contributed by atoms with Gasteiger partial charge in [-0.25, -0.2) is 13.4 Å². The Labute approximate surface area is 210 Å². The fourth-order valence-electron chi connectivity index (χ4n) is 3.55. The van der Waals surface area contributed by atoms with Crippen LogP contribution in [0.1, 0.15) is 26.3 Å². The molecule has 1 aromatic heterocycles. The number of nitrogens with zero attached hydrogens (tertiary/aromatic N) is 2. The summed E-state index contributed by atoms with van der Waals surface area (Å²) >= 11 is 1.29. The number of nitrogens with one attached hydrogen (secondary N) is 1. The van der Waals surface area contributed by atoms with Crippen molar-refractivity contribution in [3.8, 4) is 17.0 Å². The summed E-state index contributed by atoms with van der Waals surface area (Å²) in [6, 6.07) is 14.3. The molecule has 1 saturated heterocycles. The van der Waals surface area contributed by atoms with Gasteiger partial charge in [-0.3, -0.25) is 10.1 Å². The molecule has 4 rings (SSSR count). The maximum Gasteiger partial charge on any atom is 0.264 e. The average Bonchev–Trinajstić information content (AvgIpc) is 3.31. The van der Waals surface area contributed by atoms with E-state index in [1.54, 1.807) is 24.3 Å². The Kier molecular flexibility index (Phi) is 7.56. The van der Waals surface area contributed by atoms with Crippen molar-refractivity contribution in [2.75, 3.05) is 38.2 Å². The summed E-state index contributed by atoms with van der Waals surface area (Å²) in [5.41, 5.74) is 2.66. The van der Waals surface area contributed by atoms with Crippen molar-refractivity contribution >= 4 is 32.4 Å². The third kappa shape index (κ3) is 6.26. The number of ether oxygens (including phenoxy) is 2. The van der Waals surface area contributed by atoms with Crippen LogP contribution in [0, 0.1) is 0 Å². The van der Waals surface area contributed by atoms with Gasteiger partial charge >= 0.3 is 0 Å². The highest BCUT2D eigenvalue weighted by atomic mass is 32.2. The monoisotopic (exact) mass is 515 g/mol. The predicted molar refractivity (Wildman–Crippen MR) is 136 cm³/mol. The molecule has 2 heterocycles. The first-order chi connectivity index (χ1) is 16.6. The molecule has 35 heavy (non-hydrogen) atoms. The van der Waals surface area contributed by atoms with Crippen molar-refractivity contribution in [2.24, 2.45) is 0 Å². The topological polar surface area (TPSA) is 97.8 Å². The van der Waals surface area contributed by atoms with Crippen molar-refractivity contribution in [3.63, 3.8) is 0 Å². The van der Waals surface area contributed by atoms with Gasteiger partial charge in [0.05, 0.1) is 23.8 Å². The molecule has 1 aliphatic heterocycles. The highest BCUT2D eigenvalue weighted by Gasteiger charge is 2.26. The zero-order chi connectivity index (χ0) is 25.1. The van der Waals surface area contributed by atoms with Gasteiger partial charge in [0.25, 0.3) is 5.91 Å². The Hall–Kier alpha value is -2.79. The largest absolute Gasteiger partial charge is 0.484 e. The van der Waals surface area contributed by atoms with Crippen LogP contribution < -0.4 is 10.1 Å². The number of sulfonamides is 1. The van der Waals surface area contributed by atoms with Crippen LogP contribution in [0.3, 0.4) is 0 Å². The molecule has 10 heteroatoms. The van der Waals surface area contributed by atoms with Crippen molar-refractivity contribution in [1.29, 1.82) is 0 Å². The molecule has 3 aromatic rings. The van der Waals surface area contributed by atoms with Gasteiger partial charge in [-0.2, -0.15) is 4.31 Å². The second-order valence-electron chi connectivity index (χ2n) is 9.19. The maximum atomic E-state index is 12.8. The van der Waals surface area contributed by atoms with Crippen LogP contribution in [0.4, 0.5) is 5.13 Å². The number of hydrogen-bond donors (Lipinski definition) is 1. The number of morpholine rings is 1. The predicted octanol–water partition coefficient (Wildman–Crippen LogP) is 4.15. The van der Waals surface area contributed by atoms with Crippen LogP contribution in [0.2, 0.25) is 0 Å². The molecule has 0 aliphatic carbocycles. The minimum absolute atomic E-state index is 0.0514. The number of hydrogen-bond acceptors (Lipinski definition) is 7. The van der Waals surface area contributed by atoms with Crippen LogP contribution in [0.25, 0.3) is 11.3 Å². The molecule has 0 unspecified atom stereocenters. The van der Waals surface area contributed by atoms with Crippen molar-refractivity contribution in [3.05, 3.63) is 59.5 Å². The summed E-state index contributed by atoms with van der Waals surface area (Å²) < 4.78 is 37.8. The van der Waals surface area contributed by atoms with Crippen LogP contribution in [-0.4, -0.2) is 56.5 Å². The molecule has 1 amide bonds. The van der Waals surface area contributed by atoms with E-state index < -0.39 is 10.0 Å². The second kappa shape index (κ2) is 10.4. The van der Waals surface area contributed by atoms with Crippen LogP contribution in [0.5, 0.6) is 5.75 Å². The Morgan fingerprint density at radius 2 is 1.74 bits per heavy atom. The van der Waals surface area contributed by atoms with E-state index in [0.29, 0.717) is 42.9 Å². The lowest BCUT2D eigenvalue weighted by Gasteiger charge is -2.26. The Morgan fingerprint density at radius 3 is 2.37 bits per heavy atom. The summed E-state index contributed by atoms with van der Waals surface area (Å²) in [6.07, 6.45) is 0. The van der Waals surface area contributed by atoms with Gasteiger partial charge in [-0.05, 0) is 35.2 Å². The minimum Gasteiger partial charge on any atom is -0.484 e. The molecule has 0 spiro atoms. The van der Waals surface area contributed by atoms with Crippen molar-refractivity contribution in [2.45, 2.75) is 31.1 Å². The highest BCUT2D eigenvalue weighted by molar-refractivity contribution is 7.89. The molecular formula is C25H29N3O5S2. The summed E-state index contributed by atoms with van der Waals surface area (Å²) in [7, 11) is -3.55. The summed E-state index contributed by atoms with van der Waals surface area (Å²) in [4.78, 5) is 17.0. The third-order valence-corrected chi connectivity index (χ3v) is 8.27. The van der Waals surface area contributed by atoms with E-state index in [-0.39, 0.29) is 22.8 Å². The first kappa shape index (κ1) is 25.3. The maximum absolute atomic E-state index is 12.8. The molecule has 2 aromatic carbocycles. The molecule has 1 N–H and O–H groups in total. The normalized spacial score (nSPS) is 15.1. The number of benzene rings is 2. The SMILES string of the molecule is CC(C)(C)c1ccc(OCC(=O)Nc2nc(-c3ccc(S(=O)(=O)N4CCOCC4)cc3)cs2)cc1. The summed E-state index contributed by atoms with van der Waals surface area (Å²) in [5, 5.41) is 5.00. The van der Waals surface area contributed by atoms with Gasteiger partial charge in [-0.1, -0.05) is 45.0 Å². The lowest BCUT2D eigenvalue weighted by molar-refractivity contribution is -0.118. The van der Waals surface area contributed by atoms with Gasteiger partial charge < -0.3 is 9.47 Å². The molecule has 8 nitrogen and oxygen atoms in total. The fraction of sp³-hybridized carbons (Fsp3) is 0.360. The molecule has 0 bridgehead atoms. The molecule has 1 fully saturated rings. The lowest BCUT2D eigenvalue weighted by atomic mass is 9.87. The molecule has 0 radical (unpaired) electrons. The summed E-state index contributed by atoms with van der Waals surface area (Å²) in [5.74, 6) is 0.317. The third-order valence-electron chi connectivity index (χ3n) is 5.60. The molecule has 0 atom stereocenters. The molecule has 1 aliphatic rings. The first-order valence-electron chi connectivity index (χ1n) is 11.3. The zero-order valence-corrected chi connectivity index (χ0v) is 21.6. The smallest absolute Gasteiger partial charge is 0.264 e. The van der Waals surface area contributed by atoms with Crippen LogP contribution >= 0.6 is 11.3 Å².